The minimum Gasteiger partial charge on any atom is -0.455 e. The van der Waals surface area contributed by atoms with E-state index in [9.17, 15) is 9.18 Å². The number of rotatable bonds is 2. The van der Waals surface area contributed by atoms with Gasteiger partial charge in [0.25, 0.3) is 0 Å². The van der Waals surface area contributed by atoms with E-state index in [1.165, 1.54) is 11.8 Å². The van der Waals surface area contributed by atoms with Crippen LogP contribution in [0.2, 0.25) is 0 Å². The van der Waals surface area contributed by atoms with Crippen molar-refractivity contribution in [2.75, 3.05) is 5.75 Å². The van der Waals surface area contributed by atoms with Gasteiger partial charge in [-0.1, -0.05) is 18.2 Å². The van der Waals surface area contributed by atoms with E-state index in [4.69, 9.17) is 14.2 Å². The molecule has 0 radical (unpaired) electrons. The van der Waals surface area contributed by atoms with Crippen molar-refractivity contribution in [3.8, 4) is 0 Å². The number of thioether (sulfide) groups is 1. The molecule has 2 aliphatic rings. The average molecular weight is 312 g/mol. The highest BCUT2D eigenvalue weighted by Gasteiger charge is 2.52. The number of esters is 1. The smallest absolute Gasteiger partial charge is 0.338 e. The molecule has 1 aromatic carbocycles. The Balaban J connectivity index is 1.66. The molecular weight excluding hydrogens is 295 g/mol. The second kappa shape index (κ2) is 5.59. The number of hydrogen-bond acceptors (Lipinski definition) is 5. The number of benzene rings is 1. The molecule has 0 unspecified atom stereocenters. The van der Waals surface area contributed by atoms with Crippen molar-refractivity contribution in [2.45, 2.75) is 43.5 Å². The first-order valence-corrected chi connectivity index (χ1v) is 7.88. The molecule has 0 saturated carbocycles. The van der Waals surface area contributed by atoms with Crippen molar-refractivity contribution in [3.05, 3.63) is 35.9 Å². The fourth-order valence-electron chi connectivity index (χ4n) is 2.47. The molecule has 4 atom stereocenters. The summed E-state index contributed by atoms with van der Waals surface area (Å²) in [7, 11) is 0. The molecule has 1 aromatic rings. The zero-order chi connectivity index (χ0) is 15.0. The molecule has 0 aliphatic carbocycles. The van der Waals surface area contributed by atoms with Gasteiger partial charge in [0.1, 0.15) is 17.6 Å². The Kier molecular flexibility index (Phi) is 3.94. The molecule has 2 aliphatic heterocycles. The predicted octanol–water partition coefficient (Wildman–Crippen LogP) is 2.77. The molecule has 21 heavy (non-hydrogen) atoms. The summed E-state index contributed by atoms with van der Waals surface area (Å²) in [5, 5.41) is 0. The van der Waals surface area contributed by atoms with E-state index in [0.29, 0.717) is 11.3 Å². The zero-order valence-corrected chi connectivity index (χ0v) is 12.6. The largest absolute Gasteiger partial charge is 0.455 e. The molecule has 0 spiro atoms. The lowest BCUT2D eigenvalue weighted by molar-refractivity contribution is -0.151. The van der Waals surface area contributed by atoms with Gasteiger partial charge in [-0.3, -0.25) is 0 Å². The Morgan fingerprint density at radius 3 is 2.76 bits per heavy atom. The van der Waals surface area contributed by atoms with Crippen molar-refractivity contribution in [3.63, 3.8) is 0 Å². The van der Waals surface area contributed by atoms with Crippen molar-refractivity contribution in [1.82, 2.24) is 0 Å². The fourth-order valence-corrected chi connectivity index (χ4v) is 3.80. The summed E-state index contributed by atoms with van der Waals surface area (Å²) >= 11 is 1.42. The first-order valence-electron chi connectivity index (χ1n) is 6.84. The molecule has 114 valence electrons. The number of carbonyl (C=O) groups excluding carboxylic acids is 1. The Morgan fingerprint density at radius 1 is 1.33 bits per heavy atom. The maximum atomic E-state index is 14.5. The second-order valence-electron chi connectivity index (χ2n) is 5.56. The number of alkyl halides is 1. The third kappa shape index (κ3) is 3.07. The predicted molar refractivity (Wildman–Crippen MR) is 76.8 cm³/mol. The molecular formula is C15H17FO4S. The van der Waals surface area contributed by atoms with Gasteiger partial charge in [0.15, 0.2) is 12.0 Å². The summed E-state index contributed by atoms with van der Waals surface area (Å²) in [6.07, 6.45) is -2.90. The third-order valence-corrected chi connectivity index (χ3v) is 4.66. The lowest BCUT2D eigenvalue weighted by Crippen LogP contribution is -2.47. The summed E-state index contributed by atoms with van der Waals surface area (Å²) in [4.78, 5) is 12.0. The third-order valence-electron chi connectivity index (χ3n) is 3.45. The summed E-state index contributed by atoms with van der Waals surface area (Å²) in [6, 6.07) is 8.58. The van der Waals surface area contributed by atoms with Crippen molar-refractivity contribution >= 4 is 17.7 Å². The van der Waals surface area contributed by atoms with E-state index in [-0.39, 0.29) is 5.44 Å². The van der Waals surface area contributed by atoms with Crippen LogP contribution in [0.1, 0.15) is 24.2 Å². The van der Waals surface area contributed by atoms with Gasteiger partial charge >= 0.3 is 5.97 Å². The summed E-state index contributed by atoms with van der Waals surface area (Å²) in [6.45, 7) is 3.51. The topological polar surface area (TPSA) is 44.8 Å². The van der Waals surface area contributed by atoms with Crippen LogP contribution < -0.4 is 0 Å². The fraction of sp³-hybridized carbons (Fsp3) is 0.533. The standard InChI is InChI=1S/C15H17FO4S/c1-15(2)19-12-11(16)10(8-21-14(12)20-15)18-13(17)9-6-4-3-5-7-9/h3-7,10-12,14H,8H2,1-2H3/t10-,11+,12-,14-/m1/s1. The zero-order valence-electron chi connectivity index (χ0n) is 11.8. The van der Waals surface area contributed by atoms with Crippen molar-refractivity contribution < 1.29 is 23.4 Å². The van der Waals surface area contributed by atoms with Crippen molar-refractivity contribution in [2.24, 2.45) is 0 Å². The highest BCUT2D eigenvalue weighted by molar-refractivity contribution is 7.99. The number of fused-ring (bicyclic) bond motifs is 1. The normalized spacial score (nSPS) is 34.2. The number of halogens is 1. The summed E-state index contributed by atoms with van der Waals surface area (Å²) in [5.41, 5.74) is 0.0717. The number of ether oxygens (including phenoxy) is 3. The van der Waals surface area contributed by atoms with E-state index >= 15 is 0 Å². The van der Waals surface area contributed by atoms with Gasteiger partial charge in [-0.2, -0.15) is 0 Å². The average Bonchev–Trinajstić information content (AvgIpc) is 2.78. The Bertz CT molecular complexity index is 522. The molecule has 6 heteroatoms. The molecule has 0 N–H and O–H groups in total. The van der Waals surface area contributed by atoms with Crippen LogP contribution in [0.4, 0.5) is 4.39 Å². The van der Waals surface area contributed by atoms with Crippen LogP contribution in [-0.4, -0.2) is 41.3 Å². The second-order valence-corrected chi connectivity index (χ2v) is 6.69. The van der Waals surface area contributed by atoms with Crippen LogP contribution in [0.25, 0.3) is 0 Å². The first kappa shape index (κ1) is 14.8. The first-order chi connectivity index (χ1) is 9.96. The SMILES string of the molecule is CC1(C)O[C@@H]2[C@@H](F)[C@H](OC(=O)c3ccccc3)CS[C@H]2O1. The maximum absolute atomic E-state index is 14.5. The van der Waals surface area contributed by atoms with E-state index in [0.717, 1.165) is 0 Å². The highest BCUT2D eigenvalue weighted by atomic mass is 32.2. The van der Waals surface area contributed by atoms with Crippen LogP contribution in [-0.2, 0) is 14.2 Å². The van der Waals surface area contributed by atoms with Crippen LogP contribution in [0, 0.1) is 0 Å². The minimum absolute atomic E-state index is 0.346. The molecule has 4 nitrogen and oxygen atoms in total. The van der Waals surface area contributed by atoms with E-state index in [1.54, 1.807) is 38.1 Å². The highest BCUT2D eigenvalue weighted by Crippen LogP contribution is 2.42. The summed E-state index contributed by atoms with van der Waals surface area (Å²) in [5.74, 6) is -0.953. The summed E-state index contributed by atoms with van der Waals surface area (Å²) < 4.78 is 31.0. The molecule has 2 saturated heterocycles. The van der Waals surface area contributed by atoms with Crippen molar-refractivity contribution in [1.29, 1.82) is 0 Å². The molecule has 0 bridgehead atoms. The monoisotopic (exact) mass is 312 g/mol. The van der Waals surface area contributed by atoms with E-state index in [1.807, 2.05) is 6.07 Å². The minimum atomic E-state index is -1.38. The van der Waals surface area contributed by atoms with Gasteiger partial charge in [-0.05, 0) is 26.0 Å². The molecule has 2 fully saturated rings. The van der Waals surface area contributed by atoms with Crippen LogP contribution in [0.15, 0.2) is 30.3 Å². The van der Waals surface area contributed by atoms with Gasteiger partial charge in [0.2, 0.25) is 0 Å². The van der Waals surface area contributed by atoms with Crippen LogP contribution in [0.5, 0.6) is 0 Å². The molecule has 0 amide bonds. The Labute approximate surface area is 126 Å². The van der Waals surface area contributed by atoms with Gasteiger partial charge in [-0.15, -0.1) is 11.8 Å². The van der Waals surface area contributed by atoms with E-state index in [2.05, 4.69) is 0 Å². The van der Waals surface area contributed by atoms with Gasteiger partial charge in [0, 0.05) is 5.75 Å². The Morgan fingerprint density at radius 2 is 2.05 bits per heavy atom. The lowest BCUT2D eigenvalue weighted by atomic mass is 10.1. The lowest BCUT2D eigenvalue weighted by Gasteiger charge is -2.32. The molecule has 3 rings (SSSR count). The number of carbonyl (C=O) groups is 1. The van der Waals surface area contributed by atoms with E-state index < -0.39 is 30.1 Å². The van der Waals surface area contributed by atoms with Gasteiger partial charge in [0.05, 0.1) is 5.56 Å². The van der Waals surface area contributed by atoms with Gasteiger partial charge < -0.3 is 14.2 Å². The molecule has 2 heterocycles. The van der Waals surface area contributed by atoms with Crippen LogP contribution in [0.3, 0.4) is 0 Å². The molecule has 0 aromatic heterocycles. The van der Waals surface area contributed by atoms with Crippen LogP contribution >= 0.6 is 11.8 Å². The maximum Gasteiger partial charge on any atom is 0.338 e. The quantitative estimate of drug-likeness (QED) is 0.786. The number of hydrogen-bond donors (Lipinski definition) is 0. The van der Waals surface area contributed by atoms with Gasteiger partial charge in [-0.25, -0.2) is 9.18 Å². The Hall–Kier alpha value is -1.11.